The summed E-state index contributed by atoms with van der Waals surface area (Å²) >= 11 is 4.05. The fourth-order valence-corrected chi connectivity index (χ4v) is 4.27. The van der Waals surface area contributed by atoms with E-state index in [1.165, 1.54) is 4.90 Å². The highest BCUT2D eigenvalue weighted by molar-refractivity contribution is 9.10. The van der Waals surface area contributed by atoms with Crippen LogP contribution in [-0.2, 0) is 14.4 Å². The second kappa shape index (κ2) is 7.49. The summed E-state index contributed by atoms with van der Waals surface area (Å²) in [7, 11) is 0. The monoisotopic (exact) mass is 471 g/mol. The molecule has 0 radical (unpaired) electrons. The Morgan fingerprint density at radius 1 is 1.14 bits per heavy atom. The summed E-state index contributed by atoms with van der Waals surface area (Å²) in [4.78, 5) is 50.7. The standard InChI is InChI=1S/C20H14BrN3O4S/c1-10-2-5-12(6-3-10)22-15(25)9-24-14-7-4-11(21)8-13(14)16(19(24)27)17-18(26)23-20(28)29-17/h2-8H,9H2,1H3,(H,22,25)(H,23,26,28)/b17-16+. The van der Waals surface area contributed by atoms with E-state index in [-0.39, 0.29) is 22.9 Å². The summed E-state index contributed by atoms with van der Waals surface area (Å²) in [5.41, 5.74) is 2.82. The van der Waals surface area contributed by atoms with Gasteiger partial charge in [-0.1, -0.05) is 33.6 Å². The Morgan fingerprint density at radius 3 is 2.52 bits per heavy atom. The Hall–Kier alpha value is -2.91. The molecule has 1 saturated heterocycles. The van der Waals surface area contributed by atoms with Crippen molar-refractivity contribution in [3.05, 3.63) is 63.0 Å². The molecule has 2 aromatic rings. The van der Waals surface area contributed by atoms with E-state index >= 15 is 0 Å². The van der Waals surface area contributed by atoms with Gasteiger partial charge in [-0.05, 0) is 49.0 Å². The molecule has 0 aliphatic carbocycles. The molecule has 4 amide bonds. The second-order valence-electron chi connectivity index (χ2n) is 6.51. The van der Waals surface area contributed by atoms with Crippen molar-refractivity contribution < 1.29 is 19.2 Å². The average molecular weight is 472 g/mol. The van der Waals surface area contributed by atoms with Gasteiger partial charge in [0.05, 0.1) is 16.2 Å². The smallest absolute Gasteiger partial charge is 0.290 e. The molecule has 9 heteroatoms. The number of thioether (sulfide) groups is 1. The summed E-state index contributed by atoms with van der Waals surface area (Å²) in [6.45, 7) is 1.72. The molecule has 2 N–H and O–H groups in total. The van der Waals surface area contributed by atoms with E-state index in [1.54, 1.807) is 30.3 Å². The summed E-state index contributed by atoms with van der Waals surface area (Å²) in [5, 5.41) is 4.40. The minimum Gasteiger partial charge on any atom is -0.325 e. The summed E-state index contributed by atoms with van der Waals surface area (Å²) in [5.74, 6) is -1.48. The number of carbonyl (C=O) groups is 4. The molecule has 0 aromatic heterocycles. The molecular formula is C20H14BrN3O4S. The van der Waals surface area contributed by atoms with Crippen molar-refractivity contribution in [1.29, 1.82) is 0 Å². The summed E-state index contributed by atoms with van der Waals surface area (Å²) in [6, 6.07) is 12.5. The molecule has 1 fully saturated rings. The Balaban J connectivity index is 1.66. The number of rotatable bonds is 3. The number of imide groups is 1. The van der Waals surface area contributed by atoms with Gasteiger partial charge in [-0.25, -0.2) is 0 Å². The molecule has 0 unspecified atom stereocenters. The van der Waals surface area contributed by atoms with Gasteiger partial charge in [0.1, 0.15) is 6.54 Å². The largest absolute Gasteiger partial charge is 0.325 e. The third-order valence-electron chi connectivity index (χ3n) is 4.46. The van der Waals surface area contributed by atoms with Gasteiger partial charge in [0.2, 0.25) is 5.91 Å². The SMILES string of the molecule is Cc1ccc(NC(=O)CN2C(=O)/C(=C3/SC(=O)NC3=O)c3cc(Br)ccc32)cc1. The lowest BCUT2D eigenvalue weighted by atomic mass is 10.1. The van der Waals surface area contributed by atoms with Crippen LogP contribution in [0.3, 0.4) is 0 Å². The fourth-order valence-electron chi connectivity index (χ4n) is 3.14. The van der Waals surface area contributed by atoms with Gasteiger partial charge in [0.15, 0.2) is 0 Å². The number of benzene rings is 2. The van der Waals surface area contributed by atoms with Crippen molar-refractivity contribution in [2.75, 3.05) is 16.8 Å². The lowest BCUT2D eigenvalue weighted by Crippen LogP contribution is -2.35. The number of aryl methyl sites for hydroxylation is 1. The van der Waals surface area contributed by atoms with Gasteiger partial charge in [-0.2, -0.15) is 0 Å². The highest BCUT2D eigenvalue weighted by Gasteiger charge is 2.40. The molecule has 2 aromatic carbocycles. The molecule has 0 spiro atoms. The Bertz CT molecular complexity index is 1110. The first-order valence-electron chi connectivity index (χ1n) is 8.59. The molecule has 2 heterocycles. The van der Waals surface area contributed by atoms with Crippen LogP contribution in [0.25, 0.3) is 5.57 Å². The Morgan fingerprint density at radius 2 is 1.86 bits per heavy atom. The average Bonchev–Trinajstić information content (AvgIpc) is 3.12. The van der Waals surface area contributed by atoms with Crippen LogP contribution in [0, 0.1) is 6.92 Å². The predicted molar refractivity (Wildman–Crippen MR) is 114 cm³/mol. The zero-order valence-corrected chi connectivity index (χ0v) is 17.5. The summed E-state index contributed by atoms with van der Waals surface area (Å²) in [6.07, 6.45) is 0. The van der Waals surface area contributed by atoms with Crippen molar-refractivity contribution >= 4 is 67.6 Å². The molecular weight excluding hydrogens is 458 g/mol. The number of nitrogens with zero attached hydrogens (tertiary/aromatic N) is 1. The Kier molecular flexibility index (Phi) is 5.01. The molecule has 0 atom stereocenters. The minimum absolute atomic E-state index is 0.0424. The third-order valence-corrected chi connectivity index (χ3v) is 5.83. The number of amides is 4. The van der Waals surface area contributed by atoms with E-state index in [1.807, 2.05) is 19.1 Å². The first-order chi connectivity index (χ1) is 13.8. The maximum Gasteiger partial charge on any atom is 0.290 e. The molecule has 0 bridgehead atoms. The van der Waals surface area contributed by atoms with E-state index in [2.05, 4.69) is 26.6 Å². The van der Waals surface area contributed by atoms with Crippen LogP contribution in [0.1, 0.15) is 11.1 Å². The van der Waals surface area contributed by atoms with Gasteiger partial charge in [0.25, 0.3) is 17.1 Å². The van der Waals surface area contributed by atoms with Crippen LogP contribution in [0.15, 0.2) is 51.8 Å². The maximum absolute atomic E-state index is 13.1. The van der Waals surface area contributed by atoms with Crippen molar-refractivity contribution in [3.63, 3.8) is 0 Å². The van der Waals surface area contributed by atoms with Crippen molar-refractivity contribution in [3.8, 4) is 0 Å². The van der Waals surface area contributed by atoms with Crippen LogP contribution in [0.5, 0.6) is 0 Å². The van der Waals surface area contributed by atoms with E-state index in [0.29, 0.717) is 33.2 Å². The van der Waals surface area contributed by atoms with Gasteiger partial charge < -0.3 is 5.32 Å². The van der Waals surface area contributed by atoms with Crippen LogP contribution in [-0.4, -0.2) is 29.5 Å². The molecule has 7 nitrogen and oxygen atoms in total. The van der Waals surface area contributed by atoms with E-state index in [4.69, 9.17) is 0 Å². The zero-order chi connectivity index (χ0) is 20.7. The van der Waals surface area contributed by atoms with E-state index < -0.39 is 17.1 Å². The quantitative estimate of drug-likeness (QED) is 0.668. The molecule has 4 rings (SSSR count). The number of halogens is 1. The second-order valence-corrected chi connectivity index (χ2v) is 8.41. The van der Waals surface area contributed by atoms with Gasteiger partial charge in [-0.15, -0.1) is 0 Å². The molecule has 2 aliphatic heterocycles. The van der Waals surface area contributed by atoms with Crippen LogP contribution in [0.2, 0.25) is 0 Å². The zero-order valence-electron chi connectivity index (χ0n) is 15.1. The maximum atomic E-state index is 13.1. The first kappa shape index (κ1) is 19.4. The van der Waals surface area contributed by atoms with Crippen LogP contribution >= 0.6 is 27.7 Å². The normalized spacial score (nSPS) is 18.1. The molecule has 146 valence electrons. The number of nitrogens with one attached hydrogen (secondary N) is 2. The van der Waals surface area contributed by atoms with Crippen molar-refractivity contribution in [2.24, 2.45) is 0 Å². The molecule has 2 aliphatic rings. The highest BCUT2D eigenvalue weighted by atomic mass is 79.9. The number of hydrogen-bond acceptors (Lipinski definition) is 5. The minimum atomic E-state index is -0.611. The lowest BCUT2D eigenvalue weighted by Gasteiger charge is -2.17. The third kappa shape index (κ3) is 3.70. The van der Waals surface area contributed by atoms with Gasteiger partial charge in [-0.3, -0.25) is 29.4 Å². The number of carbonyl (C=O) groups excluding carboxylic acids is 4. The number of fused-ring (bicyclic) bond motifs is 1. The van der Waals surface area contributed by atoms with Crippen LogP contribution < -0.4 is 15.5 Å². The number of hydrogen-bond donors (Lipinski definition) is 2. The first-order valence-corrected chi connectivity index (χ1v) is 10.2. The molecule has 29 heavy (non-hydrogen) atoms. The Labute approximate surface area is 178 Å². The highest BCUT2D eigenvalue weighted by Crippen LogP contribution is 2.43. The summed E-state index contributed by atoms with van der Waals surface area (Å²) < 4.78 is 0.711. The van der Waals surface area contributed by atoms with Crippen molar-refractivity contribution in [1.82, 2.24) is 5.32 Å². The van der Waals surface area contributed by atoms with Gasteiger partial charge >= 0.3 is 0 Å². The van der Waals surface area contributed by atoms with E-state index in [9.17, 15) is 19.2 Å². The predicted octanol–water partition coefficient (Wildman–Crippen LogP) is 3.44. The number of anilines is 2. The van der Waals surface area contributed by atoms with Crippen molar-refractivity contribution in [2.45, 2.75) is 6.92 Å². The molecule has 0 saturated carbocycles. The van der Waals surface area contributed by atoms with Crippen LogP contribution in [0.4, 0.5) is 16.2 Å². The van der Waals surface area contributed by atoms with E-state index in [0.717, 1.165) is 5.56 Å². The van der Waals surface area contributed by atoms with Gasteiger partial charge in [0, 0.05) is 15.7 Å². The topological polar surface area (TPSA) is 95.6 Å². The fraction of sp³-hybridized carbons (Fsp3) is 0.100. The lowest BCUT2D eigenvalue weighted by molar-refractivity contribution is -0.118.